The molecule has 0 aliphatic heterocycles. The molecule has 1 saturated carbocycles. The highest BCUT2D eigenvalue weighted by atomic mass is 16.5. The van der Waals surface area contributed by atoms with E-state index in [-0.39, 0.29) is 12.2 Å². The van der Waals surface area contributed by atoms with E-state index in [1.807, 2.05) is 6.07 Å². The minimum absolute atomic E-state index is 0.0264. The summed E-state index contributed by atoms with van der Waals surface area (Å²) in [4.78, 5) is 23.4. The number of benzene rings is 1. The maximum absolute atomic E-state index is 11.8. The molecule has 1 aliphatic rings. The number of Topliss-reactive ketones (excluding diaryl/α,β-unsaturated/α-hetero) is 1. The molecular formula is C14H16O4. The summed E-state index contributed by atoms with van der Waals surface area (Å²) in [7, 11) is 1.30. The zero-order valence-electron chi connectivity index (χ0n) is 10.3. The van der Waals surface area contributed by atoms with Crippen LogP contribution in [-0.2, 0) is 19.9 Å². The largest absolute Gasteiger partial charge is 0.469 e. The third-order valence-electron chi connectivity index (χ3n) is 3.51. The summed E-state index contributed by atoms with van der Waals surface area (Å²) in [6.45, 7) is 0. The lowest BCUT2D eigenvalue weighted by Crippen LogP contribution is -2.45. The van der Waals surface area contributed by atoms with E-state index in [0.717, 1.165) is 0 Å². The molecule has 1 N–H and O–H groups in total. The number of esters is 1. The van der Waals surface area contributed by atoms with Crippen molar-refractivity contribution in [1.82, 2.24) is 0 Å². The summed E-state index contributed by atoms with van der Waals surface area (Å²) in [6, 6.07) is 8.84. The normalized spacial score (nSPS) is 27.9. The van der Waals surface area contributed by atoms with Gasteiger partial charge in [0.15, 0.2) is 0 Å². The zero-order chi connectivity index (χ0) is 13.2. The number of hydrogen-bond donors (Lipinski definition) is 1. The van der Waals surface area contributed by atoms with Crippen molar-refractivity contribution in [1.29, 1.82) is 0 Å². The lowest BCUT2D eigenvalue weighted by Gasteiger charge is -2.37. The monoisotopic (exact) mass is 248 g/mol. The zero-order valence-corrected chi connectivity index (χ0v) is 10.3. The Morgan fingerprint density at radius 2 is 2.06 bits per heavy atom. The minimum Gasteiger partial charge on any atom is -0.469 e. The molecule has 0 unspecified atom stereocenters. The fourth-order valence-corrected chi connectivity index (χ4v) is 2.54. The van der Waals surface area contributed by atoms with Gasteiger partial charge in [0.25, 0.3) is 0 Å². The van der Waals surface area contributed by atoms with Gasteiger partial charge >= 0.3 is 5.97 Å². The fraction of sp³-hybridized carbons (Fsp3) is 0.429. The second-order valence-corrected chi connectivity index (χ2v) is 4.62. The molecule has 1 aromatic carbocycles. The highest BCUT2D eigenvalue weighted by Crippen LogP contribution is 2.40. The lowest BCUT2D eigenvalue weighted by molar-refractivity contribution is -0.163. The second-order valence-electron chi connectivity index (χ2n) is 4.62. The van der Waals surface area contributed by atoms with Gasteiger partial charge in [-0.15, -0.1) is 0 Å². The number of ether oxygens (including phenoxy) is 1. The van der Waals surface area contributed by atoms with E-state index in [1.165, 1.54) is 7.11 Å². The summed E-state index contributed by atoms with van der Waals surface area (Å²) in [5.41, 5.74) is -0.850. The van der Waals surface area contributed by atoms with Crippen molar-refractivity contribution in [3.8, 4) is 0 Å². The van der Waals surface area contributed by atoms with Gasteiger partial charge in [-0.05, 0) is 12.0 Å². The molecule has 0 bridgehead atoms. The quantitative estimate of drug-likeness (QED) is 0.804. The first-order chi connectivity index (χ1) is 8.58. The van der Waals surface area contributed by atoms with Crippen molar-refractivity contribution in [3.63, 3.8) is 0 Å². The van der Waals surface area contributed by atoms with Gasteiger partial charge in [-0.1, -0.05) is 30.3 Å². The third kappa shape index (κ3) is 2.16. The van der Waals surface area contributed by atoms with Crippen molar-refractivity contribution in [3.05, 3.63) is 35.9 Å². The molecular weight excluding hydrogens is 232 g/mol. The van der Waals surface area contributed by atoms with Crippen LogP contribution in [0.15, 0.2) is 30.3 Å². The van der Waals surface area contributed by atoms with Crippen LogP contribution in [0.4, 0.5) is 0 Å². The molecule has 0 spiro atoms. The van der Waals surface area contributed by atoms with Crippen LogP contribution < -0.4 is 0 Å². The average Bonchev–Trinajstić information content (AvgIpc) is 2.39. The van der Waals surface area contributed by atoms with Crippen molar-refractivity contribution < 1.29 is 19.4 Å². The number of aliphatic hydroxyl groups is 1. The van der Waals surface area contributed by atoms with Crippen LogP contribution in [0.5, 0.6) is 0 Å². The molecule has 96 valence electrons. The number of carbonyl (C=O) groups excluding carboxylic acids is 2. The van der Waals surface area contributed by atoms with Crippen LogP contribution in [-0.4, -0.2) is 24.0 Å². The van der Waals surface area contributed by atoms with Gasteiger partial charge in [0.05, 0.1) is 13.0 Å². The van der Waals surface area contributed by atoms with Crippen LogP contribution in [0.2, 0.25) is 0 Å². The number of rotatable bonds is 2. The summed E-state index contributed by atoms with van der Waals surface area (Å²) >= 11 is 0. The predicted octanol–water partition coefficient (Wildman–Crippen LogP) is 1.42. The Balaban J connectivity index is 2.40. The summed E-state index contributed by atoms with van der Waals surface area (Å²) < 4.78 is 4.73. The molecule has 4 nitrogen and oxygen atoms in total. The Morgan fingerprint density at radius 3 is 2.67 bits per heavy atom. The van der Waals surface area contributed by atoms with Gasteiger partial charge in [0, 0.05) is 12.8 Å². The van der Waals surface area contributed by atoms with Crippen molar-refractivity contribution in [2.45, 2.75) is 24.9 Å². The summed E-state index contributed by atoms with van der Waals surface area (Å²) in [5, 5.41) is 10.8. The molecule has 0 radical (unpaired) electrons. The number of hydrogen-bond acceptors (Lipinski definition) is 4. The summed E-state index contributed by atoms with van der Waals surface area (Å²) in [6.07, 6.45) is 0.614. The molecule has 2 rings (SSSR count). The fourth-order valence-electron chi connectivity index (χ4n) is 2.54. The molecule has 0 amide bonds. The Morgan fingerprint density at radius 1 is 1.39 bits per heavy atom. The molecule has 0 heterocycles. The van der Waals surface area contributed by atoms with Crippen molar-refractivity contribution in [2.75, 3.05) is 7.11 Å². The third-order valence-corrected chi connectivity index (χ3v) is 3.51. The van der Waals surface area contributed by atoms with E-state index in [2.05, 4.69) is 0 Å². The predicted molar refractivity (Wildman–Crippen MR) is 64.7 cm³/mol. The topological polar surface area (TPSA) is 63.6 Å². The average molecular weight is 248 g/mol. The highest BCUT2D eigenvalue weighted by molar-refractivity contribution is 5.85. The standard InChI is InChI=1S/C14H16O4/c1-18-13(16)12-8-7-11(15)9-14(12,17)10-5-3-2-4-6-10/h2-6,12,17H,7-9H2,1H3/t12-,14+/m0/s1. The maximum atomic E-state index is 11.8. The van der Waals surface area contributed by atoms with Crippen LogP contribution >= 0.6 is 0 Å². The van der Waals surface area contributed by atoms with Gasteiger partial charge in [-0.3, -0.25) is 9.59 Å². The SMILES string of the molecule is COC(=O)[C@@H]1CCC(=O)C[C@@]1(O)c1ccccc1. The molecule has 4 heteroatoms. The molecule has 2 atom stereocenters. The Labute approximate surface area is 106 Å². The highest BCUT2D eigenvalue weighted by Gasteiger charge is 2.47. The van der Waals surface area contributed by atoms with E-state index in [0.29, 0.717) is 18.4 Å². The number of ketones is 1. The minimum atomic E-state index is -1.44. The first-order valence-electron chi connectivity index (χ1n) is 5.95. The molecule has 1 aliphatic carbocycles. The molecule has 18 heavy (non-hydrogen) atoms. The van der Waals surface area contributed by atoms with E-state index < -0.39 is 17.5 Å². The van der Waals surface area contributed by atoms with Crippen LogP contribution in [0, 0.1) is 5.92 Å². The Bertz CT molecular complexity index is 454. The lowest BCUT2D eigenvalue weighted by atomic mass is 9.71. The van der Waals surface area contributed by atoms with Gasteiger partial charge < -0.3 is 9.84 Å². The first-order valence-corrected chi connectivity index (χ1v) is 5.95. The molecule has 0 aromatic heterocycles. The summed E-state index contributed by atoms with van der Waals surface area (Å²) in [5.74, 6) is -1.17. The molecule has 0 saturated heterocycles. The van der Waals surface area contributed by atoms with Gasteiger partial charge in [-0.25, -0.2) is 0 Å². The Kier molecular flexibility index (Phi) is 3.48. The smallest absolute Gasteiger partial charge is 0.311 e. The second kappa shape index (κ2) is 4.90. The van der Waals surface area contributed by atoms with Crippen LogP contribution in [0.25, 0.3) is 0 Å². The van der Waals surface area contributed by atoms with E-state index in [4.69, 9.17) is 4.74 Å². The first kappa shape index (κ1) is 12.8. The van der Waals surface area contributed by atoms with Crippen molar-refractivity contribution in [2.24, 2.45) is 5.92 Å². The van der Waals surface area contributed by atoms with Gasteiger partial charge in [0.2, 0.25) is 0 Å². The maximum Gasteiger partial charge on any atom is 0.311 e. The van der Waals surface area contributed by atoms with Crippen LogP contribution in [0.1, 0.15) is 24.8 Å². The van der Waals surface area contributed by atoms with Gasteiger partial charge in [-0.2, -0.15) is 0 Å². The van der Waals surface area contributed by atoms with Gasteiger partial charge in [0.1, 0.15) is 11.4 Å². The van der Waals surface area contributed by atoms with E-state index in [9.17, 15) is 14.7 Å². The Hall–Kier alpha value is -1.68. The number of methoxy groups -OCH3 is 1. The molecule has 1 fully saturated rings. The molecule has 1 aromatic rings. The number of carbonyl (C=O) groups is 2. The van der Waals surface area contributed by atoms with E-state index >= 15 is 0 Å². The van der Waals surface area contributed by atoms with Crippen molar-refractivity contribution >= 4 is 11.8 Å². The van der Waals surface area contributed by atoms with E-state index in [1.54, 1.807) is 24.3 Å². The van der Waals surface area contributed by atoms with Crippen LogP contribution in [0.3, 0.4) is 0 Å².